The molecule has 1 atom stereocenters. The van der Waals surface area contributed by atoms with Gasteiger partial charge in [0.05, 0.1) is 12.1 Å². The quantitative estimate of drug-likeness (QED) is 0.733. The topological polar surface area (TPSA) is 60.5 Å². The van der Waals surface area contributed by atoms with Gasteiger partial charge in [-0.2, -0.15) is 0 Å². The summed E-state index contributed by atoms with van der Waals surface area (Å²) in [7, 11) is 0. The number of aromatic nitrogens is 2. The fraction of sp³-hybridized carbons (Fsp3) is 0.375. The third-order valence-corrected chi connectivity index (χ3v) is 4.96. The van der Waals surface area contributed by atoms with Gasteiger partial charge < -0.3 is 9.15 Å². The van der Waals surface area contributed by atoms with Crippen molar-refractivity contribution in [1.29, 1.82) is 0 Å². The summed E-state index contributed by atoms with van der Waals surface area (Å²) in [6.45, 7) is 3.75. The summed E-state index contributed by atoms with van der Waals surface area (Å²) in [5.74, 6) is -0.295. The molecule has 120 valence electrons. The zero-order valence-corrected chi connectivity index (χ0v) is 13.4. The number of ether oxygens (including phenoxy) is 1. The average molecular weight is 331 g/mol. The first-order valence-corrected chi connectivity index (χ1v) is 8.51. The van der Waals surface area contributed by atoms with Gasteiger partial charge in [-0.25, -0.2) is 9.78 Å². The molecule has 0 N–H and O–H groups in total. The Morgan fingerprint density at radius 2 is 2.22 bits per heavy atom. The highest BCUT2D eigenvalue weighted by Crippen LogP contribution is 2.23. The molecule has 7 heteroatoms. The Morgan fingerprint density at radius 3 is 3.09 bits per heavy atom. The van der Waals surface area contributed by atoms with Crippen molar-refractivity contribution in [3.8, 4) is 0 Å². The van der Waals surface area contributed by atoms with Crippen LogP contribution in [0.3, 0.4) is 0 Å². The van der Waals surface area contributed by atoms with Crippen LogP contribution in [0, 0.1) is 0 Å². The number of para-hydroxylation sites is 2. The van der Waals surface area contributed by atoms with Crippen molar-refractivity contribution in [2.45, 2.75) is 12.6 Å². The monoisotopic (exact) mass is 331 g/mol. The van der Waals surface area contributed by atoms with Crippen molar-refractivity contribution in [2.75, 3.05) is 26.2 Å². The molecule has 6 nitrogen and oxygen atoms in total. The SMILES string of the molecule is O=c1oc2ccccc2n1CCN1CCO[C@H](c2nccs2)C1. The van der Waals surface area contributed by atoms with Crippen molar-refractivity contribution in [2.24, 2.45) is 0 Å². The van der Waals surface area contributed by atoms with Crippen LogP contribution in [0.15, 0.2) is 45.1 Å². The maximum atomic E-state index is 12.0. The molecule has 4 rings (SSSR count). The molecule has 1 fully saturated rings. The van der Waals surface area contributed by atoms with Gasteiger partial charge in [-0.05, 0) is 12.1 Å². The van der Waals surface area contributed by atoms with E-state index in [1.807, 2.05) is 29.6 Å². The Morgan fingerprint density at radius 1 is 1.30 bits per heavy atom. The summed E-state index contributed by atoms with van der Waals surface area (Å²) >= 11 is 1.62. The van der Waals surface area contributed by atoms with E-state index in [1.54, 1.807) is 22.1 Å². The van der Waals surface area contributed by atoms with Gasteiger partial charge in [0.25, 0.3) is 0 Å². The third-order valence-electron chi connectivity index (χ3n) is 4.09. The molecular formula is C16H17N3O3S. The molecular weight excluding hydrogens is 314 g/mol. The van der Waals surface area contributed by atoms with Crippen LogP contribution in [0.4, 0.5) is 0 Å². The van der Waals surface area contributed by atoms with Crippen molar-refractivity contribution >= 4 is 22.4 Å². The Balaban J connectivity index is 1.46. The summed E-state index contributed by atoms with van der Waals surface area (Å²) in [4.78, 5) is 18.7. The van der Waals surface area contributed by atoms with E-state index in [-0.39, 0.29) is 11.9 Å². The Kier molecular flexibility index (Phi) is 3.99. The smallest absolute Gasteiger partial charge is 0.408 e. The van der Waals surface area contributed by atoms with Gasteiger partial charge in [-0.3, -0.25) is 9.47 Å². The molecule has 1 aromatic carbocycles. The van der Waals surface area contributed by atoms with Gasteiger partial charge in [0, 0.05) is 37.8 Å². The number of morpholine rings is 1. The van der Waals surface area contributed by atoms with E-state index >= 15 is 0 Å². The van der Waals surface area contributed by atoms with Crippen LogP contribution >= 0.6 is 11.3 Å². The van der Waals surface area contributed by atoms with E-state index < -0.39 is 0 Å². The maximum absolute atomic E-state index is 12.0. The molecule has 2 aromatic heterocycles. The van der Waals surface area contributed by atoms with Crippen LogP contribution < -0.4 is 5.76 Å². The largest absolute Gasteiger partial charge is 0.419 e. The number of hydrogen-bond acceptors (Lipinski definition) is 6. The number of thiazole rings is 1. The number of benzene rings is 1. The molecule has 0 amide bonds. The second-order valence-corrected chi connectivity index (χ2v) is 6.44. The molecule has 0 radical (unpaired) electrons. The summed E-state index contributed by atoms with van der Waals surface area (Å²) in [6, 6.07) is 7.52. The van der Waals surface area contributed by atoms with Crippen LogP contribution in [-0.2, 0) is 11.3 Å². The average Bonchev–Trinajstić information content (AvgIpc) is 3.21. The number of fused-ring (bicyclic) bond motifs is 1. The van der Waals surface area contributed by atoms with Gasteiger partial charge in [0.1, 0.15) is 11.1 Å². The maximum Gasteiger partial charge on any atom is 0.419 e. The third kappa shape index (κ3) is 2.95. The van der Waals surface area contributed by atoms with Crippen molar-refractivity contribution in [3.05, 3.63) is 51.4 Å². The number of oxazole rings is 1. The minimum absolute atomic E-state index is 0.0292. The molecule has 1 saturated heterocycles. The molecule has 0 bridgehead atoms. The van der Waals surface area contributed by atoms with Crippen LogP contribution in [0.5, 0.6) is 0 Å². The number of nitrogens with zero attached hydrogens (tertiary/aromatic N) is 3. The molecule has 0 saturated carbocycles. The minimum atomic E-state index is -0.295. The van der Waals surface area contributed by atoms with Gasteiger partial charge in [0.2, 0.25) is 0 Å². The zero-order valence-electron chi connectivity index (χ0n) is 12.6. The lowest BCUT2D eigenvalue weighted by atomic mass is 10.2. The lowest BCUT2D eigenvalue weighted by molar-refractivity contribution is -0.0309. The van der Waals surface area contributed by atoms with E-state index in [2.05, 4.69) is 9.88 Å². The summed E-state index contributed by atoms with van der Waals surface area (Å²) in [6.07, 6.45) is 1.83. The number of hydrogen-bond donors (Lipinski definition) is 0. The van der Waals surface area contributed by atoms with Gasteiger partial charge in [-0.15, -0.1) is 11.3 Å². The molecule has 0 unspecified atom stereocenters. The second-order valence-electron chi connectivity index (χ2n) is 5.52. The Bertz CT molecular complexity index is 840. The molecule has 3 heterocycles. The fourth-order valence-electron chi connectivity index (χ4n) is 2.92. The van der Waals surface area contributed by atoms with Crippen LogP contribution in [-0.4, -0.2) is 40.7 Å². The molecule has 1 aliphatic heterocycles. The number of rotatable bonds is 4. The van der Waals surface area contributed by atoms with Crippen LogP contribution in [0.2, 0.25) is 0 Å². The van der Waals surface area contributed by atoms with E-state index in [9.17, 15) is 4.79 Å². The Hall–Kier alpha value is -1.96. The molecule has 0 aliphatic carbocycles. The van der Waals surface area contributed by atoms with E-state index in [4.69, 9.17) is 9.15 Å². The lowest BCUT2D eigenvalue weighted by Crippen LogP contribution is -2.40. The summed E-state index contributed by atoms with van der Waals surface area (Å²) in [5.41, 5.74) is 1.49. The van der Waals surface area contributed by atoms with E-state index in [0.29, 0.717) is 18.7 Å². The molecule has 3 aromatic rings. The first-order chi connectivity index (χ1) is 11.3. The molecule has 23 heavy (non-hydrogen) atoms. The summed E-state index contributed by atoms with van der Waals surface area (Å²) < 4.78 is 12.8. The normalized spacial score (nSPS) is 19.4. The predicted molar refractivity (Wildman–Crippen MR) is 87.7 cm³/mol. The van der Waals surface area contributed by atoms with E-state index in [1.165, 1.54) is 0 Å². The second kappa shape index (κ2) is 6.27. The first-order valence-electron chi connectivity index (χ1n) is 7.63. The predicted octanol–water partition coefficient (Wildman–Crippen LogP) is 2.12. The van der Waals surface area contributed by atoms with Crippen molar-refractivity contribution in [1.82, 2.24) is 14.5 Å². The standard InChI is InChI=1S/C16H17N3O3S/c20-16-19(12-3-1-2-4-13(12)22-16)7-6-18-8-9-21-14(11-18)15-17-5-10-23-15/h1-5,10,14H,6-9,11H2/t14-/m0/s1. The fourth-order valence-corrected chi connectivity index (χ4v) is 3.59. The van der Waals surface area contributed by atoms with Gasteiger partial charge in [-0.1, -0.05) is 12.1 Å². The Labute approximate surface area is 136 Å². The molecule has 1 aliphatic rings. The highest BCUT2D eigenvalue weighted by Gasteiger charge is 2.23. The van der Waals surface area contributed by atoms with E-state index in [0.717, 1.165) is 30.2 Å². The summed E-state index contributed by atoms with van der Waals surface area (Å²) in [5, 5.41) is 2.98. The van der Waals surface area contributed by atoms with Crippen LogP contribution in [0.1, 0.15) is 11.1 Å². The molecule has 0 spiro atoms. The first kappa shape index (κ1) is 14.6. The van der Waals surface area contributed by atoms with Crippen molar-refractivity contribution in [3.63, 3.8) is 0 Å². The van der Waals surface area contributed by atoms with Gasteiger partial charge in [0.15, 0.2) is 5.58 Å². The lowest BCUT2D eigenvalue weighted by Gasteiger charge is -2.31. The minimum Gasteiger partial charge on any atom is -0.408 e. The van der Waals surface area contributed by atoms with Gasteiger partial charge >= 0.3 is 5.76 Å². The van der Waals surface area contributed by atoms with Crippen LogP contribution in [0.25, 0.3) is 11.1 Å². The highest BCUT2D eigenvalue weighted by atomic mass is 32.1. The zero-order chi connectivity index (χ0) is 15.6. The van der Waals surface area contributed by atoms with Crippen molar-refractivity contribution < 1.29 is 9.15 Å². The highest BCUT2D eigenvalue weighted by molar-refractivity contribution is 7.09.